The maximum Gasteiger partial charge on any atom is 0.245 e. The average molecular weight is 275 g/mol. The molecule has 6 nitrogen and oxygen atoms in total. The summed E-state index contributed by atoms with van der Waals surface area (Å²) in [4.78, 5) is 6.83. The van der Waals surface area contributed by atoms with Crippen LogP contribution in [0.15, 0.2) is 18.3 Å². The maximum atomic E-state index is 5.91. The van der Waals surface area contributed by atoms with Crippen LogP contribution in [0.25, 0.3) is 5.65 Å². The van der Waals surface area contributed by atoms with Crippen molar-refractivity contribution in [2.75, 3.05) is 25.1 Å². The third kappa shape index (κ3) is 2.36. The Kier molecular flexibility index (Phi) is 3.58. The van der Waals surface area contributed by atoms with Crippen LogP contribution in [0.3, 0.4) is 0 Å². The molecule has 2 unspecified atom stereocenters. The number of fused-ring (bicyclic) bond motifs is 1. The lowest BCUT2D eigenvalue weighted by Crippen LogP contribution is -2.49. The van der Waals surface area contributed by atoms with Gasteiger partial charge in [0.25, 0.3) is 0 Å². The summed E-state index contributed by atoms with van der Waals surface area (Å²) in [6, 6.07) is 4.31. The highest BCUT2D eigenvalue weighted by Crippen LogP contribution is 2.23. The Hall–Kier alpha value is -1.66. The Morgan fingerprint density at radius 3 is 3.10 bits per heavy atom. The van der Waals surface area contributed by atoms with Gasteiger partial charge >= 0.3 is 0 Å². The number of pyridine rings is 1. The number of methoxy groups -OCH3 is 1. The Morgan fingerprint density at radius 2 is 2.35 bits per heavy atom. The van der Waals surface area contributed by atoms with Crippen LogP contribution < -0.4 is 10.6 Å². The zero-order valence-electron chi connectivity index (χ0n) is 12.0. The number of aryl methyl sites for hydroxylation is 1. The van der Waals surface area contributed by atoms with E-state index in [4.69, 9.17) is 10.5 Å². The molecule has 0 amide bonds. The van der Waals surface area contributed by atoms with Gasteiger partial charge in [-0.25, -0.2) is 4.52 Å². The summed E-state index contributed by atoms with van der Waals surface area (Å²) in [5, 5.41) is 4.56. The molecule has 6 heteroatoms. The van der Waals surface area contributed by atoms with Gasteiger partial charge in [-0.05, 0) is 37.5 Å². The number of aromatic nitrogens is 3. The molecule has 2 N–H and O–H groups in total. The molecule has 1 fully saturated rings. The third-order valence-electron chi connectivity index (χ3n) is 4.01. The van der Waals surface area contributed by atoms with Gasteiger partial charge in [-0.1, -0.05) is 0 Å². The molecule has 0 aromatic carbocycles. The summed E-state index contributed by atoms with van der Waals surface area (Å²) < 4.78 is 7.27. The second-order valence-electron chi connectivity index (χ2n) is 5.38. The van der Waals surface area contributed by atoms with Crippen molar-refractivity contribution in [2.24, 2.45) is 5.73 Å². The van der Waals surface area contributed by atoms with E-state index in [-0.39, 0.29) is 6.04 Å². The molecule has 1 aliphatic rings. The molecule has 2 aromatic rings. The zero-order chi connectivity index (χ0) is 14.1. The molecule has 0 aliphatic carbocycles. The number of hydrogen-bond acceptors (Lipinski definition) is 5. The van der Waals surface area contributed by atoms with Gasteiger partial charge in [0, 0.05) is 32.4 Å². The van der Waals surface area contributed by atoms with Crippen molar-refractivity contribution in [1.29, 1.82) is 0 Å². The van der Waals surface area contributed by atoms with Crippen molar-refractivity contribution >= 4 is 11.6 Å². The zero-order valence-corrected chi connectivity index (χ0v) is 12.0. The fourth-order valence-electron chi connectivity index (χ4n) is 2.81. The van der Waals surface area contributed by atoms with Gasteiger partial charge in [-0.15, -0.1) is 5.10 Å². The molecular weight excluding hydrogens is 254 g/mol. The highest BCUT2D eigenvalue weighted by atomic mass is 16.5. The molecule has 0 radical (unpaired) electrons. The van der Waals surface area contributed by atoms with E-state index in [0.29, 0.717) is 12.6 Å². The second-order valence-corrected chi connectivity index (χ2v) is 5.38. The molecule has 1 saturated heterocycles. The summed E-state index contributed by atoms with van der Waals surface area (Å²) in [6.07, 6.45) is 4.16. The van der Waals surface area contributed by atoms with E-state index < -0.39 is 0 Å². The summed E-state index contributed by atoms with van der Waals surface area (Å²) in [6.45, 7) is 3.53. The minimum absolute atomic E-state index is 0.243. The van der Waals surface area contributed by atoms with Crippen molar-refractivity contribution in [3.8, 4) is 0 Å². The van der Waals surface area contributed by atoms with E-state index in [1.165, 1.54) is 5.56 Å². The second kappa shape index (κ2) is 5.38. The lowest BCUT2D eigenvalue weighted by molar-refractivity contribution is 0.0706. The number of nitrogens with two attached hydrogens (primary N) is 1. The standard InChI is InChI=1S/C14H21N5O/c1-10-3-6-19-13(7-10)16-14(17-19)18-5-4-12(20-2)8-11(18)9-15/h3,6-7,11-12H,4-5,8-9,15H2,1-2H3. The topological polar surface area (TPSA) is 68.7 Å². The largest absolute Gasteiger partial charge is 0.381 e. The molecule has 0 saturated carbocycles. The van der Waals surface area contributed by atoms with Gasteiger partial charge in [-0.2, -0.15) is 4.98 Å². The molecule has 1 aliphatic heterocycles. The number of piperidine rings is 1. The summed E-state index contributed by atoms with van der Waals surface area (Å²) >= 11 is 0. The average Bonchev–Trinajstić information content (AvgIpc) is 2.89. The van der Waals surface area contributed by atoms with Gasteiger partial charge in [-0.3, -0.25) is 0 Å². The maximum absolute atomic E-state index is 5.91. The van der Waals surface area contributed by atoms with Crippen LogP contribution in [0.4, 0.5) is 5.95 Å². The molecule has 2 aromatic heterocycles. The Labute approximate surface area is 118 Å². The highest BCUT2D eigenvalue weighted by Gasteiger charge is 2.29. The number of rotatable bonds is 3. The van der Waals surface area contributed by atoms with Gasteiger partial charge in [0.2, 0.25) is 5.95 Å². The number of nitrogens with zero attached hydrogens (tertiary/aromatic N) is 4. The van der Waals surface area contributed by atoms with Crippen LogP contribution in [0, 0.1) is 6.92 Å². The van der Waals surface area contributed by atoms with Crippen LogP contribution in [0.1, 0.15) is 18.4 Å². The van der Waals surface area contributed by atoms with Gasteiger partial charge in [0.1, 0.15) is 0 Å². The lowest BCUT2D eigenvalue weighted by atomic mass is 10.00. The van der Waals surface area contributed by atoms with Crippen molar-refractivity contribution in [3.05, 3.63) is 23.9 Å². The molecule has 108 valence electrons. The normalized spacial score (nSPS) is 23.4. The van der Waals surface area contributed by atoms with E-state index in [1.807, 2.05) is 22.8 Å². The first-order valence-corrected chi connectivity index (χ1v) is 7.04. The predicted octanol–water partition coefficient (Wildman–Crippen LogP) is 0.980. The van der Waals surface area contributed by atoms with Crippen molar-refractivity contribution in [3.63, 3.8) is 0 Å². The molecule has 3 rings (SSSR count). The number of anilines is 1. The van der Waals surface area contributed by atoms with Crippen LogP contribution in [-0.4, -0.2) is 46.9 Å². The minimum Gasteiger partial charge on any atom is -0.381 e. The van der Waals surface area contributed by atoms with Crippen LogP contribution in [0.5, 0.6) is 0 Å². The minimum atomic E-state index is 0.243. The molecule has 3 heterocycles. The first-order valence-electron chi connectivity index (χ1n) is 7.04. The first-order chi connectivity index (χ1) is 9.71. The predicted molar refractivity (Wildman–Crippen MR) is 77.9 cm³/mol. The number of ether oxygens (including phenoxy) is 1. The van der Waals surface area contributed by atoms with Crippen LogP contribution in [-0.2, 0) is 4.74 Å². The highest BCUT2D eigenvalue weighted by molar-refractivity contribution is 5.47. The van der Waals surface area contributed by atoms with E-state index in [2.05, 4.69) is 21.9 Å². The van der Waals surface area contributed by atoms with Gasteiger partial charge < -0.3 is 15.4 Å². The summed E-state index contributed by atoms with van der Waals surface area (Å²) in [5.41, 5.74) is 7.97. The fourth-order valence-corrected chi connectivity index (χ4v) is 2.81. The lowest BCUT2D eigenvalue weighted by Gasteiger charge is -2.37. The summed E-state index contributed by atoms with van der Waals surface area (Å²) in [7, 11) is 1.76. The Balaban J connectivity index is 1.89. The van der Waals surface area contributed by atoms with Crippen LogP contribution in [0.2, 0.25) is 0 Å². The molecule has 2 atom stereocenters. The van der Waals surface area contributed by atoms with E-state index in [9.17, 15) is 0 Å². The van der Waals surface area contributed by atoms with Crippen molar-refractivity contribution in [1.82, 2.24) is 14.6 Å². The SMILES string of the molecule is COC1CCN(c2nc3cc(C)ccn3n2)C(CN)C1. The van der Waals surface area contributed by atoms with E-state index >= 15 is 0 Å². The third-order valence-corrected chi connectivity index (χ3v) is 4.01. The molecule has 20 heavy (non-hydrogen) atoms. The molecule has 0 bridgehead atoms. The number of hydrogen-bond donors (Lipinski definition) is 1. The molecular formula is C14H21N5O. The van der Waals surface area contributed by atoms with Gasteiger partial charge in [0.05, 0.1) is 6.10 Å². The Bertz CT molecular complexity index is 596. The quantitative estimate of drug-likeness (QED) is 0.904. The first kappa shape index (κ1) is 13.3. The van der Waals surface area contributed by atoms with Crippen LogP contribution >= 0.6 is 0 Å². The van der Waals surface area contributed by atoms with Crippen molar-refractivity contribution in [2.45, 2.75) is 31.9 Å². The van der Waals surface area contributed by atoms with Crippen molar-refractivity contribution < 1.29 is 4.74 Å². The van der Waals surface area contributed by atoms with E-state index in [0.717, 1.165) is 31.0 Å². The fraction of sp³-hybridized carbons (Fsp3) is 0.571. The smallest absolute Gasteiger partial charge is 0.245 e. The molecule has 0 spiro atoms. The van der Waals surface area contributed by atoms with E-state index in [1.54, 1.807) is 7.11 Å². The van der Waals surface area contributed by atoms with Gasteiger partial charge in [0.15, 0.2) is 5.65 Å². The monoisotopic (exact) mass is 275 g/mol. The summed E-state index contributed by atoms with van der Waals surface area (Å²) in [5.74, 6) is 0.764. The Morgan fingerprint density at radius 1 is 1.50 bits per heavy atom.